The van der Waals surface area contributed by atoms with Gasteiger partial charge in [0.1, 0.15) is 5.82 Å². The van der Waals surface area contributed by atoms with Crippen LogP contribution >= 0.6 is 11.8 Å². The van der Waals surface area contributed by atoms with Crippen LogP contribution in [-0.4, -0.2) is 29.1 Å². The third kappa shape index (κ3) is 3.80. The van der Waals surface area contributed by atoms with Crippen molar-refractivity contribution in [2.45, 2.75) is 43.9 Å². The first-order valence-corrected chi connectivity index (χ1v) is 7.99. The highest BCUT2D eigenvalue weighted by molar-refractivity contribution is 7.99. The number of nitrogens with zero attached hydrogens (tertiary/aromatic N) is 1. The number of anilines is 1. The van der Waals surface area contributed by atoms with Crippen LogP contribution < -0.4 is 10.1 Å². The molecule has 1 N–H and O–H groups in total. The molecule has 1 aromatic rings. The molecule has 0 aromatic carbocycles. The molecule has 1 heterocycles. The average Bonchev–Trinajstić information content (AvgIpc) is 2.40. The molecule has 1 aliphatic carbocycles. The van der Waals surface area contributed by atoms with Crippen LogP contribution in [0.3, 0.4) is 0 Å². The van der Waals surface area contributed by atoms with E-state index in [0.717, 1.165) is 11.1 Å². The van der Waals surface area contributed by atoms with Gasteiger partial charge in [0, 0.05) is 17.4 Å². The topological polar surface area (TPSA) is 34.1 Å². The van der Waals surface area contributed by atoms with Crippen LogP contribution in [0.2, 0.25) is 0 Å². The number of ether oxygens (including phenoxy) is 1. The minimum absolute atomic E-state index is 0.556. The molecule has 0 spiro atoms. The van der Waals surface area contributed by atoms with Gasteiger partial charge in [-0.2, -0.15) is 16.7 Å². The van der Waals surface area contributed by atoms with Crippen LogP contribution in [0.4, 0.5) is 5.82 Å². The Hall–Kier alpha value is -0.900. The summed E-state index contributed by atoms with van der Waals surface area (Å²) in [5, 5.41) is 4.34. The smallest absolute Gasteiger partial charge is 0.215 e. The van der Waals surface area contributed by atoms with Crippen molar-refractivity contribution in [3.63, 3.8) is 0 Å². The maximum Gasteiger partial charge on any atom is 0.215 e. The summed E-state index contributed by atoms with van der Waals surface area (Å²) in [5.41, 5.74) is 0. The lowest BCUT2D eigenvalue weighted by Crippen LogP contribution is -2.28. The fraction of sp³-hybridized carbons (Fsp3) is 0.643. The molecule has 3 nitrogen and oxygen atoms in total. The standard InChI is InChI=1S/C14H22N2OS/c1-3-17-14-9-5-8-13(16-14)15-11-6-4-7-12(10-11)18-2/h5,8-9,11-12H,3-4,6-7,10H2,1-2H3,(H,15,16). The number of aromatic nitrogens is 1. The van der Waals surface area contributed by atoms with E-state index in [0.29, 0.717) is 18.5 Å². The van der Waals surface area contributed by atoms with Crippen LogP contribution in [0.5, 0.6) is 5.88 Å². The van der Waals surface area contributed by atoms with Gasteiger partial charge in [-0.1, -0.05) is 12.5 Å². The van der Waals surface area contributed by atoms with Crippen molar-refractivity contribution in [1.82, 2.24) is 4.98 Å². The molecular formula is C14H22N2OS. The maximum atomic E-state index is 5.42. The third-order valence-electron chi connectivity index (χ3n) is 3.33. The molecule has 0 aliphatic heterocycles. The number of pyridine rings is 1. The van der Waals surface area contributed by atoms with Crippen LogP contribution in [-0.2, 0) is 0 Å². The van der Waals surface area contributed by atoms with E-state index in [9.17, 15) is 0 Å². The molecule has 4 heteroatoms. The summed E-state index contributed by atoms with van der Waals surface area (Å²) in [6.45, 7) is 2.64. The zero-order valence-electron chi connectivity index (χ0n) is 11.2. The molecule has 2 rings (SSSR count). The molecule has 1 fully saturated rings. The normalized spacial score (nSPS) is 23.7. The van der Waals surface area contributed by atoms with Gasteiger partial charge in [-0.3, -0.25) is 0 Å². The average molecular weight is 266 g/mol. The van der Waals surface area contributed by atoms with Gasteiger partial charge in [0.05, 0.1) is 6.61 Å². The summed E-state index contributed by atoms with van der Waals surface area (Å²) in [6.07, 6.45) is 7.36. The molecule has 1 aliphatic rings. The minimum Gasteiger partial charge on any atom is -0.478 e. The highest BCUT2D eigenvalue weighted by Gasteiger charge is 2.21. The lowest BCUT2D eigenvalue weighted by Gasteiger charge is -2.29. The van der Waals surface area contributed by atoms with Crippen LogP contribution in [0.15, 0.2) is 18.2 Å². The highest BCUT2D eigenvalue weighted by atomic mass is 32.2. The second kappa shape index (κ2) is 6.88. The van der Waals surface area contributed by atoms with Gasteiger partial charge in [0.15, 0.2) is 0 Å². The van der Waals surface area contributed by atoms with E-state index in [-0.39, 0.29) is 0 Å². The molecule has 2 atom stereocenters. The molecule has 0 radical (unpaired) electrons. The number of hydrogen-bond acceptors (Lipinski definition) is 4. The quantitative estimate of drug-likeness (QED) is 0.883. The highest BCUT2D eigenvalue weighted by Crippen LogP contribution is 2.28. The van der Waals surface area contributed by atoms with Gasteiger partial charge in [-0.05, 0) is 38.5 Å². The Labute approximate surface area is 114 Å². The minimum atomic E-state index is 0.556. The van der Waals surface area contributed by atoms with Crippen LogP contribution in [0, 0.1) is 0 Å². The van der Waals surface area contributed by atoms with Crippen LogP contribution in [0.25, 0.3) is 0 Å². The Morgan fingerprint density at radius 1 is 1.44 bits per heavy atom. The van der Waals surface area contributed by atoms with Gasteiger partial charge < -0.3 is 10.1 Å². The summed E-state index contributed by atoms with van der Waals surface area (Å²) in [5.74, 6) is 1.65. The Bertz CT molecular complexity index is 373. The van der Waals surface area contributed by atoms with E-state index >= 15 is 0 Å². The van der Waals surface area contributed by atoms with Crippen molar-refractivity contribution in [2.75, 3.05) is 18.2 Å². The van der Waals surface area contributed by atoms with Gasteiger partial charge in [0.2, 0.25) is 5.88 Å². The lowest BCUT2D eigenvalue weighted by molar-refractivity contribution is 0.327. The second-order valence-electron chi connectivity index (χ2n) is 4.66. The lowest BCUT2D eigenvalue weighted by atomic mass is 9.95. The first kappa shape index (κ1) is 13.5. The third-order valence-corrected chi connectivity index (χ3v) is 4.42. The molecule has 0 saturated heterocycles. The van der Waals surface area contributed by atoms with Gasteiger partial charge in [-0.25, -0.2) is 0 Å². The van der Waals surface area contributed by atoms with Crippen molar-refractivity contribution in [1.29, 1.82) is 0 Å². The van der Waals surface area contributed by atoms with E-state index < -0.39 is 0 Å². The summed E-state index contributed by atoms with van der Waals surface area (Å²) >= 11 is 1.99. The monoisotopic (exact) mass is 266 g/mol. The number of hydrogen-bond donors (Lipinski definition) is 1. The fourth-order valence-corrected chi connectivity index (χ4v) is 3.25. The summed E-state index contributed by atoms with van der Waals surface area (Å²) in [7, 11) is 0. The molecular weight excluding hydrogens is 244 g/mol. The van der Waals surface area contributed by atoms with Crippen molar-refractivity contribution in [3.05, 3.63) is 18.2 Å². The van der Waals surface area contributed by atoms with E-state index in [1.165, 1.54) is 25.7 Å². The Kier molecular flexibility index (Phi) is 5.17. The van der Waals surface area contributed by atoms with E-state index in [1.807, 2.05) is 36.9 Å². The summed E-state index contributed by atoms with van der Waals surface area (Å²) in [4.78, 5) is 4.47. The Morgan fingerprint density at radius 2 is 2.33 bits per heavy atom. The molecule has 1 aromatic heterocycles. The zero-order valence-corrected chi connectivity index (χ0v) is 12.0. The van der Waals surface area contributed by atoms with E-state index in [4.69, 9.17) is 4.74 Å². The number of nitrogens with one attached hydrogen (secondary N) is 1. The first-order valence-electron chi connectivity index (χ1n) is 6.71. The van der Waals surface area contributed by atoms with Crippen molar-refractivity contribution < 1.29 is 4.74 Å². The van der Waals surface area contributed by atoms with Gasteiger partial charge >= 0.3 is 0 Å². The van der Waals surface area contributed by atoms with E-state index in [1.54, 1.807) is 0 Å². The van der Waals surface area contributed by atoms with Crippen LogP contribution in [0.1, 0.15) is 32.6 Å². The van der Waals surface area contributed by atoms with Crippen molar-refractivity contribution in [2.24, 2.45) is 0 Å². The maximum absolute atomic E-state index is 5.42. The fourth-order valence-electron chi connectivity index (χ4n) is 2.42. The van der Waals surface area contributed by atoms with Gasteiger partial charge in [-0.15, -0.1) is 0 Å². The first-order chi connectivity index (χ1) is 8.81. The zero-order chi connectivity index (χ0) is 12.8. The molecule has 2 unspecified atom stereocenters. The van der Waals surface area contributed by atoms with Crippen molar-refractivity contribution >= 4 is 17.6 Å². The number of thioether (sulfide) groups is 1. The predicted molar refractivity (Wildman–Crippen MR) is 78.6 cm³/mol. The molecule has 0 bridgehead atoms. The largest absolute Gasteiger partial charge is 0.478 e. The molecule has 18 heavy (non-hydrogen) atoms. The van der Waals surface area contributed by atoms with Gasteiger partial charge in [0.25, 0.3) is 0 Å². The number of rotatable bonds is 5. The molecule has 1 saturated carbocycles. The molecule has 0 amide bonds. The summed E-state index contributed by atoms with van der Waals surface area (Å²) < 4.78 is 5.42. The second-order valence-corrected chi connectivity index (χ2v) is 5.80. The van der Waals surface area contributed by atoms with Crippen molar-refractivity contribution in [3.8, 4) is 5.88 Å². The summed E-state index contributed by atoms with van der Waals surface area (Å²) in [6, 6.07) is 6.47. The molecule has 100 valence electrons. The van der Waals surface area contributed by atoms with E-state index in [2.05, 4.69) is 16.6 Å². The predicted octanol–water partition coefficient (Wildman–Crippen LogP) is 3.57. The SMILES string of the molecule is CCOc1cccc(NC2CCCC(SC)C2)n1. The Balaban J connectivity index is 1.93. The Morgan fingerprint density at radius 3 is 3.11 bits per heavy atom.